The van der Waals surface area contributed by atoms with Crippen LogP contribution in [0, 0.1) is 0 Å². The zero-order valence-corrected chi connectivity index (χ0v) is 13.3. The zero-order valence-electron chi connectivity index (χ0n) is 13.3. The lowest BCUT2D eigenvalue weighted by atomic mass is 10.1. The van der Waals surface area contributed by atoms with Crippen molar-refractivity contribution >= 4 is 5.91 Å². The first-order valence-corrected chi connectivity index (χ1v) is 8.26. The lowest BCUT2D eigenvalue weighted by Crippen LogP contribution is -2.27. The van der Waals surface area contributed by atoms with Crippen molar-refractivity contribution in [1.29, 1.82) is 0 Å². The highest BCUT2D eigenvalue weighted by molar-refractivity contribution is 5.91. The van der Waals surface area contributed by atoms with Gasteiger partial charge in [0.05, 0.1) is 6.20 Å². The Morgan fingerprint density at radius 3 is 2.57 bits per heavy atom. The molecule has 0 radical (unpaired) electrons. The number of H-pyrrole nitrogens is 1. The van der Waals surface area contributed by atoms with E-state index in [9.17, 15) is 4.79 Å². The van der Waals surface area contributed by atoms with Crippen LogP contribution in [0.5, 0.6) is 0 Å². The van der Waals surface area contributed by atoms with Gasteiger partial charge < -0.3 is 5.32 Å². The smallest absolute Gasteiger partial charge is 0.273 e. The number of carbonyl (C=O) groups excluding carboxylic acids is 1. The SMILES string of the molecule is O=C(NCc1ccccc1CN1CCCCCC1)c1cn[nH]n1. The van der Waals surface area contributed by atoms with Gasteiger partial charge >= 0.3 is 0 Å². The topological polar surface area (TPSA) is 73.9 Å². The van der Waals surface area contributed by atoms with Crippen LogP contribution in [0.3, 0.4) is 0 Å². The van der Waals surface area contributed by atoms with E-state index in [2.05, 4.69) is 43.8 Å². The van der Waals surface area contributed by atoms with Crippen LogP contribution in [0.4, 0.5) is 0 Å². The first kappa shape index (κ1) is 15.7. The highest BCUT2D eigenvalue weighted by atomic mass is 16.1. The Bertz CT molecular complexity index is 618. The molecule has 1 aliphatic rings. The average molecular weight is 313 g/mol. The molecular formula is C17H23N5O. The Morgan fingerprint density at radius 2 is 1.87 bits per heavy atom. The van der Waals surface area contributed by atoms with E-state index in [-0.39, 0.29) is 5.91 Å². The van der Waals surface area contributed by atoms with Crippen molar-refractivity contribution in [1.82, 2.24) is 25.6 Å². The van der Waals surface area contributed by atoms with Crippen molar-refractivity contribution in [3.05, 3.63) is 47.3 Å². The second kappa shape index (κ2) is 7.87. The second-order valence-electron chi connectivity index (χ2n) is 6.00. The third-order valence-electron chi connectivity index (χ3n) is 4.30. The molecular weight excluding hydrogens is 290 g/mol. The minimum absolute atomic E-state index is 0.205. The van der Waals surface area contributed by atoms with Gasteiger partial charge in [-0.2, -0.15) is 15.4 Å². The zero-order chi connectivity index (χ0) is 15.9. The van der Waals surface area contributed by atoms with E-state index in [1.165, 1.54) is 50.5 Å². The van der Waals surface area contributed by atoms with Gasteiger partial charge in [0.15, 0.2) is 5.69 Å². The average Bonchev–Trinajstić information content (AvgIpc) is 3.00. The van der Waals surface area contributed by atoms with Crippen LogP contribution >= 0.6 is 0 Å². The number of nitrogens with one attached hydrogen (secondary N) is 2. The maximum atomic E-state index is 12.0. The summed E-state index contributed by atoms with van der Waals surface area (Å²) >= 11 is 0. The maximum Gasteiger partial charge on any atom is 0.273 e. The highest BCUT2D eigenvalue weighted by Crippen LogP contribution is 2.16. The van der Waals surface area contributed by atoms with Gasteiger partial charge in [-0.25, -0.2) is 0 Å². The fraction of sp³-hybridized carbons (Fsp3) is 0.471. The van der Waals surface area contributed by atoms with Gasteiger partial charge in [-0.15, -0.1) is 0 Å². The van der Waals surface area contributed by atoms with E-state index in [1.807, 2.05) is 6.07 Å². The lowest BCUT2D eigenvalue weighted by molar-refractivity contribution is 0.0945. The number of carbonyl (C=O) groups is 1. The molecule has 1 aliphatic heterocycles. The molecule has 0 atom stereocenters. The Labute approximate surface area is 136 Å². The Balaban J connectivity index is 1.62. The number of aromatic amines is 1. The molecule has 1 aromatic carbocycles. The van der Waals surface area contributed by atoms with E-state index < -0.39 is 0 Å². The Hall–Kier alpha value is -2.21. The van der Waals surface area contributed by atoms with Crippen molar-refractivity contribution in [3.8, 4) is 0 Å². The van der Waals surface area contributed by atoms with Crippen molar-refractivity contribution in [2.24, 2.45) is 0 Å². The molecule has 23 heavy (non-hydrogen) atoms. The summed E-state index contributed by atoms with van der Waals surface area (Å²) in [6.07, 6.45) is 6.67. The van der Waals surface area contributed by atoms with Crippen LogP contribution in [-0.2, 0) is 13.1 Å². The number of benzene rings is 1. The van der Waals surface area contributed by atoms with Gasteiger partial charge in [-0.1, -0.05) is 37.1 Å². The molecule has 1 fully saturated rings. The number of hydrogen-bond donors (Lipinski definition) is 2. The molecule has 2 N–H and O–H groups in total. The Kier molecular flexibility index (Phi) is 5.37. The molecule has 1 saturated heterocycles. The van der Waals surface area contributed by atoms with E-state index in [0.717, 1.165) is 12.1 Å². The normalized spacial score (nSPS) is 16.0. The van der Waals surface area contributed by atoms with Crippen molar-refractivity contribution < 1.29 is 4.79 Å². The second-order valence-corrected chi connectivity index (χ2v) is 6.00. The van der Waals surface area contributed by atoms with Crippen LogP contribution in [0.2, 0.25) is 0 Å². The van der Waals surface area contributed by atoms with Crippen molar-refractivity contribution in [2.75, 3.05) is 13.1 Å². The number of aromatic nitrogens is 3. The third-order valence-corrected chi connectivity index (χ3v) is 4.30. The molecule has 6 nitrogen and oxygen atoms in total. The summed E-state index contributed by atoms with van der Waals surface area (Å²) in [5.41, 5.74) is 2.76. The van der Waals surface area contributed by atoms with Gasteiger partial charge in [0.2, 0.25) is 0 Å². The maximum absolute atomic E-state index is 12.0. The summed E-state index contributed by atoms with van der Waals surface area (Å²) in [5, 5.41) is 12.8. The molecule has 0 bridgehead atoms. The molecule has 2 heterocycles. The number of likely N-dealkylation sites (tertiary alicyclic amines) is 1. The quantitative estimate of drug-likeness (QED) is 0.886. The standard InChI is InChI=1S/C17H23N5O/c23-17(16-12-19-21-20-16)18-11-14-7-3-4-8-15(14)13-22-9-5-1-2-6-10-22/h3-4,7-8,12H,1-2,5-6,9-11,13H2,(H,18,23)(H,19,20,21). The first-order chi connectivity index (χ1) is 11.3. The Morgan fingerprint density at radius 1 is 1.13 bits per heavy atom. The highest BCUT2D eigenvalue weighted by Gasteiger charge is 2.13. The summed E-state index contributed by atoms with van der Waals surface area (Å²) in [6, 6.07) is 8.32. The summed E-state index contributed by atoms with van der Waals surface area (Å²) in [5.74, 6) is -0.205. The van der Waals surface area contributed by atoms with Crippen molar-refractivity contribution in [2.45, 2.75) is 38.8 Å². The number of hydrogen-bond acceptors (Lipinski definition) is 4. The molecule has 6 heteroatoms. The van der Waals surface area contributed by atoms with Crippen LogP contribution in [0.25, 0.3) is 0 Å². The molecule has 0 unspecified atom stereocenters. The molecule has 0 spiro atoms. The van der Waals surface area contributed by atoms with Gasteiger partial charge in [-0.05, 0) is 37.1 Å². The molecule has 0 aliphatic carbocycles. The van der Waals surface area contributed by atoms with E-state index in [0.29, 0.717) is 12.2 Å². The molecule has 122 valence electrons. The molecule has 3 rings (SSSR count). The largest absolute Gasteiger partial charge is 0.347 e. The summed E-state index contributed by atoms with van der Waals surface area (Å²) in [4.78, 5) is 14.5. The van der Waals surface area contributed by atoms with E-state index in [1.54, 1.807) is 0 Å². The fourth-order valence-corrected chi connectivity index (χ4v) is 3.00. The first-order valence-electron chi connectivity index (χ1n) is 8.26. The van der Waals surface area contributed by atoms with Gasteiger partial charge in [-0.3, -0.25) is 9.69 Å². The number of amides is 1. The lowest BCUT2D eigenvalue weighted by Gasteiger charge is -2.21. The van der Waals surface area contributed by atoms with Gasteiger partial charge in [0.25, 0.3) is 5.91 Å². The number of rotatable bonds is 5. The summed E-state index contributed by atoms with van der Waals surface area (Å²) in [6.45, 7) is 3.80. The monoisotopic (exact) mass is 313 g/mol. The predicted molar refractivity (Wildman–Crippen MR) is 87.7 cm³/mol. The van der Waals surface area contributed by atoms with Crippen molar-refractivity contribution in [3.63, 3.8) is 0 Å². The summed E-state index contributed by atoms with van der Waals surface area (Å²) < 4.78 is 0. The minimum Gasteiger partial charge on any atom is -0.347 e. The minimum atomic E-state index is -0.205. The number of nitrogens with zero attached hydrogens (tertiary/aromatic N) is 3. The summed E-state index contributed by atoms with van der Waals surface area (Å²) in [7, 11) is 0. The van der Waals surface area contributed by atoms with Crippen LogP contribution in [0.1, 0.15) is 47.3 Å². The van der Waals surface area contributed by atoms with Crippen LogP contribution in [0.15, 0.2) is 30.5 Å². The third kappa shape index (κ3) is 4.39. The molecule has 2 aromatic rings. The van der Waals surface area contributed by atoms with Gasteiger partial charge in [0.1, 0.15) is 0 Å². The molecule has 1 aromatic heterocycles. The fourth-order valence-electron chi connectivity index (χ4n) is 3.00. The van der Waals surface area contributed by atoms with E-state index in [4.69, 9.17) is 0 Å². The molecule has 0 saturated carbocycles. The predicted octanol–water partition coefficient (Wildman–Crippen LogP) is 2.11. The van der Waals surface area contributed by atoms with E-state index >= 15 is 0 Å². The molecule has 1 amide bonds. The van der Waals surface area contributed by atoms with Crippen LogP contribution < -0.4 is 5.32 Å². The van der Waals surface area contributed by atoms with Gasteiger partial charge in [0, 0.05) is 13.1 Å². The van der Waals surface area contributed by atoms with Crippen LogP contribution in [-0.4, -0.2) is 39.3 Å².